The van der Waals surface area contributed by atoms with Gasteiger partial charge in [0.15, 0.2) is 0 Å². The van der Waals surface area contributed by atoms with E-state index in [0.717, 1.165) is 0 Å². The maximum atomic E-state index is 2.46. The van der Waals surface area contributed by atoms with Crippen molar-refractivity contribution in [3.63, 3.8) is 0 Å². The van der Waals surface area contributed by atoms with E-state index in [1.807, 2.05) is 0 Å². The van der Waals surface area contributed by atoms with E-state index in [1.165, 1.54) is 275 Å². The van der Waals surface area contributed by atoms with Gasteiger partial charge in [0, 0.05) is 65.8 Å². The monoisotopic (exact) mass is 1890 g/mol. The first-order chi connectivity index (χ1) is 72.7. The van der Waals surface area contributed by atoms with Gasteiger partial charge in [0.05, 0.1) is 44.1 Å². The first-order valence-electron chi connectivity index (χ1n) is 51.6. The topological polar surface area (TPSA) is 19.7 Å². The van der Waals surface area contributed by atoms with Crippen molar-refractivity contribution in [2.75, 3.05) is 0 Å². The van der Waals surface area contributed by atoms with Gasteiger partial charge in [-0.15, -0.1) is 0 Å². The van der Waals surface area contributed by atoms with Crippen molar-refractivity contribution in [3.05, 3.63) is 533 Å². The third-order valence-corrected chi connectivity index (χ3v) is 31.0. The predicted molar refractivity (Wildman–Crippen MR) is 632 cm³/mol. The molecule has 0 atom stereocenters. The standard InChI is InChI=1S/C78H56N2.C66H48N2/c1-78(2,3)61-44-45-68-71(50-61)77(58-40-36-54(37-41-58)52-28-32-56(33-29-52)60-43-47-75-70(49-60)65-21-13-15-25-73(65)80(75)63-18-8-5-9-19-63)67-23-11-10-22-66(67)76(68)57-38-34-53(35-39-57)51-26-30-55(31-27-51)59-42-46-74-69(48-59)64-20-12-14-24-72(64)79(74)62-16-6-4-7-17-62;1-66(2,3)49-36-37-56-59(42-49)65(46-32-28-44(29-33-46)48-35-39-63-58(41-48)53-21-13-15-25-61(53)68(63)51-18-8-5-9-19-51)55-23-11-10-22-54(55)64(56)45-30-26-43(27-31-45)47-34-38-62-57(40-47)52-20-12-14-24-60(52)67(62)50-16-6-4-7-17-50/h4-50H,1-3H3;4-42H,1-3H3. The van der Waals surface area contributed by atoms with E-state index in [0.29, 0.717) is 0 Å². The van der Waals surface area contributed by atoms with Crippen LogP contribution in [0.2, 0.25) is 0 Å². The lowest BCUT2D eigenvalue weighted by molar-refractivity contribution is 0.591. The molecule has 0 saturated heterocycles. The third-order valence-electron chi connectivity index (χ3n) is 31.0. The number of hydrogen-bond acceptors (Lipinski definition) is 0. The highest BCUT2D eigenvalue weighted by Crippen LogP contribution is 2.51. The number of para-hydroxylation sites is 8. The van der Waals surface area contributed by atoms with Crippen LogP contribution in [-0.2, 0) is 10.8 Å². The number of fused-ring (bicyclic) bond motifs is 16. The molecule has 24 aromatic carbocycles. The maximum absolute atomic E-state index is 2.46. The Kier molecular flexibility index (Phi) is 21.4. The molecule has 28 rings (SSSR count). The Morgan fingerprint density at radius 2 is 0.277 bits per heavy atom. The van der Waals surface area contributed by atoms with Gasteiger partial charge in [-0.3, -0.25) is 0 Å². The largest absolute Gasteiger partial charge is 0.309 e. The van der Waals surface area contributed by atoms with Crippen molar-refractivity contribution in [2.45, 2.75) is 52.4 Å². The van der Waals surface area contributed by atoms with E-state index in [1.54, 1.807) is 0 Å². The second-order valence-corrected chi connectivity index (χ2v) is 41.8. The Morgan fingerprint density at radius 3 is 0.493 bits per heavy atom. The maximum Gasteiger partial charge on any atom is 0.0541 e. The van der Waals surface area contributed by atoms with Crippen LogP contribution in [0.15, 0.2) is 522 Å². The lowest BCUT2D eigenvalue weighted by atomic mass is 9.81. The normalized spacial score (nSPS) is 12.0. The molecule has 0 spiro atoms. The number of hydrogen-bond donors (Lipinski definition) is 0. The molecular formula is C144H104N4. The zero-order chi connectivity index (χ0) is 99.0. The summed E-state index contributed by atoms with van der Waals surface area (Å²) in [5.41, 5.74) is 41.4. The molecule has 4 nitrogen and oxygen atoms in total. The number of rotatable bonds is 14. The van der Waals surface area contributed by atoms with E-state index in [-0.39, 0.29) is 10.8 Å². The minimum atomic E-state index is -0.0210. The average molecular weight is 1890 g/mol. The van der Waals surface area contributed by atoms with Crippen molar-refractivity contribution in [2.24, 2.45) is 0 Å². The summed E-state index contributed by atoms with van der Waals surface area (Å²) in [5.74, 6) is 0. The van der Waals surface area contributed by atoms with E-state index < -0.39 is 0 Å². The first-order valence-corrected chi connectivity index (χ1v) is 51.6. The van der Waals surface area contributed by atoms with E-state index in [9.17, 15) is 0 Å². The van der Waals surface area contributed by atoms with Gasteiger partial charge < -0.3 is 18.3 Å². The van der Waals surface area contributed by atoms with Gasteiger partial charge in [-0.2, -0.15) is 0 Å². The summed E-state index contributed by atoms with van der Waals surface area (Å²) in [5, 5.41) is 20.2. The van der Waals surface area contributed by atoms with E-state index in [2.05, 4.69) is 582 Å². The molecule has 0 unspecified atom stereocenters. The van der Waals surface area contributed by atoms with Gasteiger partial charge in [-0.25, -0.2) is 0 Å². The van der Waals surface area contributed by atoms with Crippen LogP contribution in [0.4, 0.5) is 0 Å². The Balaban J connectivity index is 0.000000148. The van der Waals surface area contributed by atoms with Gasteiger partial charge in [-0.1, -0.05) is 430 Å². The summed E-state index contributed by atoms with van der Waals surface area (Å²) in [4.78, 5) is 0. The summed E-state index contributed by atoms with van der Waals surface area (Å²) in [7, 11) is 0. The molecule has 4 heterocycles. The molecule has 0 fully saturated rings. The molecule has 0 aliphatic heterocycles. The van der Waals surface area contributed by atoms with Crippen LogP contribution < -0.4 is 0 Å². The van der Waals surface area contributed by atoms with Crippen molar-refractivity contribution in [1.82, 2.24) is 18.3 Å². The Bertz CT molecular complexity index is 10100. The van der Waals surface area contributed by atoms with Gasteiger partial charge in [-0.05, 0) is 310 Å². The number of aromatic nitrogens is 4. The van der Waals surface area contributed by atoms with Gasteiger partial charge in [0.1, 0.15) is 0 Å². The second-order valence-electron chi connectivity index (χ2n) is 41.8. The van der Waals surface area contributed by atoms with Crippen LogP contribution >= 0.6 is 0 Å². The molecule has 148 heavy (non-hydrogen) atoms. The Hall–Kier alpha value is -18.5. The van der Waals surface area contributed by atoms with Crippen molar-refractivity contribution in [3.8, 4) is 134 Å². The fourth-order valence-corrected chi connectivity index (χ4v) is 23.6. The summed E-state index contributed by atoms with van der Waals surface area (Å²) in [6.45, 7) is 13.9. The lowest BCUT2D eigenvalue weighted by Crippen LogP contribution is -2.10. The molecule has 700 valence electrons. The van der Waals surface area contributed by atoms with Crippen LogP contribution in [0.3, 0.4) is 0 Å². The zero-order valence-corrected chi connectivity index (χ0v) is 83.4. The molecule has 0 aliphatic rings. The van der Waals surface area contributed by atoms with Crippen molar-refractivity contribution >= 4 is 130 Å². The summed E-state index contributed by atoms with van der Waals surface area (Å²) in [6, 6.07) is 193. The quantitative estimate of drug-likeness (QED) is 0.0967. The smallest absolute Gasteiger partial charge is 0.0541 e. The van der Waals surface area contributed by atoms with E-state index in [4.69, 9.17) is 0 Å². The van der Waals surface area contributed by atoms with Gasteiger partial charge >= 0.3 is 0 Å². The lowest BCUT2D eigenvalue weighted by Gasteiger charge is -2.23. The molecule has 28 aromatic rings. The molecule has 0 aliphatic carbocycles. The number of nitrogens with zero attached hydrogens (tertiary/aromatic N) is 4. The van der Waals surface area contributed by atoms with Crippen LogP contribution in [0.1, 0.15) is 52.7 Å². The van der Waals surface area contributed by atoms with Crippen molar-refractivity contribution in [1.29, 1.82) is 0 Å². The van der Waals surface area contributed by atoms with Gasteiger partial charge in [0.25, 0.3) is 0 Å². The SMILES string of the molecule is CC(C)(C)c1ccc2c(-c3ccc(-c4ccc(-c5ccc6c(c5)c5ccccc5n6-c5ccccc5)cc4)cc3)c3ccccc3c(-c3ccc(-c4ccc(-c5ccc6c(c5)c5ccccc5n6-c5ccccc5)cc4)cc3)c2c1.CC(C)(C)c1ccc2c(-c3ccc(-c4ccc5c(c4)c4ccccc4n5-c4ccccc4)cc3)c3ccccc3c(-c3ccc(-c4ccc5c(c4)c4ccccc4n5-c4ccccc4)cc3)c2c1. The molecule has 0 saturated carbocycles. The molecule has 0 amide bonds. The minimum Gasteiger partial charge on any atom is -0.309 e. The minimum absolute atomic E-state index is 0.0143. The van der Waals surface area contributed by atoms with Crippen LogP contribution in [-0.4, -0.2) is 18.3 Å². The van der Waals surface area contributed by atoms with Crippen LogP contribution in [0, 0.1) is 0 Å². The summed E-state index contributed by atoms with van der Waals surface area (Å²) < 4.78 is 9.50. The zero-order valence-electron chi connectivity index (χ0n) is 83.4. The summed E-state index contributed by atoms with van der Waals surface area (Å²) >= 11 is 0. The highest BCUT2D eigenvalue weighted by molar-refractivity contribution is 6.24. The first kappa shape index (κ1) is 88.5. The average Bonchev–Trinajstić information content (AvgIpc) is 1.34. The highest BCUT2D eigenvalue weighted by atomic mass is 15.0. The molecule has 0 bridgehead atoms. The summed E-state index contributed by atoms with van der Waals surface area (Å²) in [6.07, 6.45) is 0. The van der Waals surface area contributed by atoms with Crippen LogP contribution in [0.25, 0.3) is 264 Å². The fourth-order valence-electron chi connectivity index (χ4n) is 23.6. The molecule has 4 heteroatoms. The van der Waals surface area contributed by atoms with E-state index >= 15 is 0 Å². The van der Waals surface area contributed by atoms with Crippen LogP contribution in [0.5, 0.6) is 0 Å². The highest BCUT2D eigenvalue weighted by Gasteiger charge is 2.27. The Morgan fingerprint density at radius 1 is 0.115 bits per heavy atom. The third kappa shape index (κ3) is 15.3. The predicted octanol–water partition coefficient (Wildman–Crippen LogP) is 39.6. The van der Waals surface area contributed by atoms with Crippen molar-refractivity contribution < 1.29 is 0 Å². The molecule has 0 radical (unpaired) electrons. The fraction of sp³-hybridized carbons (Fsp3) is 0.0556. The number of benzene rings is 24. The molecule has 0 N–H and O–H groups in total. The van der Waals surface area contributed by atoms with Gasteiger partial charge in [0.2, 0.25) is 0 Å². The molecule has 4 aromatic heterocycles. The Labute approximate surface area is 861 Å². The molecular weight excluding hydrogens is 1790 g/mol. The second kappa shape index (κ2) is 35.8.